The minimum atomic E-state index is 0.322. The number of benzene rings is 2. The zero-order chi connectivity index (χ0) is 26.4. The van der Waals surface area contributed by atoms with Gasteiger partial charge in [0.1, 0.15) is 11.6 Å². The topological polar surface area (TPSA) is 64.8 Å². The monoisotopic (exact) mass is 511 g/mol. The molecule has 8 nitrogen and oxygen atoms in total. The molecule has 0 aliphatic carbocycles. The average Bonchev–Trinajstić information content (AvgIpc) is 3.25. The summed E-state index contributed by atoms with van der Waals surface area (Å²) in [7, 11) is 4.28. The number of aromatic nitrogens is 3. The van der Waals surface area contributed by atoms with E-state index in [2.05, 4.69) is 94.3 Å². The lowest BCUT2D eigenvalue weighted by atomic mass is 9.94. The number of hydrogen-bond acceptors (Lipinski definition) is 8. The first kappa shape index (κ1) is 24.8. The Bertz CT molecular complexity index is 1410. The second-order valence-corrected chi connectivity index (χ2v) is 10.8. The number of fused-ring (bicyclic) bond motifs is 1. The van der Waals surface area contributed by atoms with Crippen LogP contribution in [0, 0.1) is 13.8 Å². The third-order valence-electron chi connectivity index (χ3n) is 8.33. The molecule has 2 atom stereocenters. The fourth-order valence-electron chi connectivity index (χ4n) is 5.80. The van der Waals surface area contributed by atoms with E-state index in [0.717, 1.165) is 84.4 Å². The third kappa shape index (κ3) is 4.41. The molecule has 2 aromatic heterocycles. The lowest BCUT2D eigenvalue weighted by molar-refractivity contribution is 0.0876. The van der Waals surface area contributed by atoms with E-state index in [4.69, 9.17) is 14.5 Å². The van der Waals surface area contributed by atoms with E-state index >= 15 is 0 Å². The summed E-state index contributed by atoms with van der Waals surface area (Å²) in [6.45, 7) is 11.0. The van der Waals surface area contributed by atoms with E-state index in [0.29, 0.717) is 12.2 Å². The molecule has 2 unspecified atom stereocenters. The van der Waals surface area contributed by atoms with Gasteiger partial charge in [0.05, 0.1) is 23.4 Å². The first-order valence-corrected chi connectivity index (χ1v) is 13.6. The summed E-state index contributed by atoms with van der Waals surface area (Å²) in [4.78, 5) is 19.9. The molecule has 2 aliphatic heterocycles. The van der Waals surface area contributed by atoms with Crippen LogP contribution in [0.25, 0.3) is 22.0 Å². The van der Waals surface area contributed by atoms with Gasteiger partial charge in [0.15, 0.2) is 0 Å². The standard InChI is InChI=1S/C30H37N7O/c1-20-28(21(2)38-33-20)24-11-12-26-25(19-24)29(37-14-13-27(37)23-9-7-6-8-10-23)32-30(31-26)36-17-15-35(16-18-36)22(3)34(4)5/h6-12,19,22,27H,13-18H2,1-5H3. The Labute approximate surface area is 224 Å². The van der Waals surface area contributed by atoms with Crippen molar-refractivity contribution in [2.45, 2.75) is 39.4 Å². The molecule has 2 aliphatic rings. The van der Waals surface area contributed by atoms with Crippen molar-refractivity contribution >= 4 is 22.7 Å². The van der Waals surface area contributed by atoms with Crippen molar-refractivity contribution < 1.29 is 4.52 Å². The summed E-state index contributed by atoms with van der Waals surface area (Å²) in [6.07, 6.45) is 1.54. The Morgan fingerprint density at radius 1 is 0.947 bits per heavy atom. The number of aryl methyl sites for hydroxylation is 2. The maximum atomic E-state index is 5.48. The first-order chi connectivity index (χ1) is 18.4. The van der Waals surface area contributed by atoms with Crippen LogP contribution in [0.5, 0.6) is 0 Å². The van der Waals surface area contributed by atoms with Crippen molar-refractivity contribution in [3.05, 3.63) is 65.5 Å². The van der Waals surface area contributed by atoms with Gasteiger partial charge in [0.2, 0.25) is 5.95 Å². The van der Waals surface area contributed by atoms with Crippen LogP contribution in [0.3, 0.4) is 0 Å². The highest BCUT2D eigenvalue weighted by molar-refractivity contribution is 5.94. The maximum absolute atomic E-state index is 5.48. The zero-order valence-electron chi connectivity index (χ0n) is 23.1. The second-order valence-electron chi connectivity index (χ2n) is 10.8. The van der Waals surface area contributed by atoms with Gasteiger partial charge in [-0.05, 0) is 64.5 Å². The van der Waals surface area contributed by atoms with Gasteiger partial charge in [-0.1, -0.05) is 41.6 Å². The van der Waals surface area contributed by atoms with Crippen molar-refractivity contribution in [3.63, 3.8) is 0 Å². The summed E-state index contributed by atoms with van der Waals surface area (Å²) in [5.41, 5.74) is 5.35. The summed E-state index contributed by atoms with van der Waals surface area (Å²) in [5.74, 6) is 2.67. The molecule has 4 heterocycles. The van der Waals surface area contributed by atoms with E-state index in [-0.39, 0.29) is 0 Å². The molecule has 0 spiro atoms. The Hall–Kier alpha value is -3.49. The van der Waals surface area contributed by atoms with Gasteiger partial charge in [-0.25, -0.2) is 4.98 Å². The van der Waals surface area contributed by atoms with Crippen LogP contribution in [0.1, 0.15) is 36.4 Å². The van der Waals surface area contributed by atoms with Gasteiger partial charge in [-0.3, -0.25) is 9.80 Å². The van der Waals surface area contributed by atoms with E-state index < -0.39 is 0 Å². The summed E-state index contributed by atoms with van der Waals surface area (Å²) >= 11 is 0. The van der Waals surface area contributed by atoms with Crippen LogP contribution in [0.15, 0.2) is 53.1 Å². The minimum absolute atomic E-state index is 0.322. The van der Waals surface area contributed by atoms with Gasteiger partial charge in [-0.15, -0.1) is 0 Å². The fraction of sp³-hybridized carbons (Fsp3) is 0.433. The highest BCUT2D eigenvalue weighted by atomic mass is 16.5. The number of anilines is 2. The van der Waals surface area contributed by atoms with Crippen LogP contribution in [-0.2, 0) is 0 Å². The Morgan fingerprint density at radius 3 is 2.34 bits per heavy atom. The van der Waals surface area contributed by atoms with Crippen molar-refractivity contribution in [1.82, 2.24) is 24.9 Å². The zero-order valence-corrected chi connectivity index (χ0v) is 23.1. The Morgan fingerprint density at radius 2 is 1.71 bits per heavy atom. The number of nitrogens with zero attached hydrogens (tertiary/aromatic N) is 7. The number of piperazine rings is 1. The molecule has 0 amide bonds. The molecule has 2 saturated heterocycles. The molecule has 8 heteroatoms. The highest BCUT2D eigenvalue weighted by Gasteiger charge is 2.33. The van der Waals surface area contributed by atoms with Crippen molar-refractivity contribution in [1.29, 1.82) is 0 Å². The van der Waals surface area contributed by atoms with Crippen molar-refractivity contribution in [3.8, 4) is 11.1 Å². The van der Waals surface area contributed by atoms with E-state index in [9.17, 15) is 0 Å². The molecular weight excluding hydrogens is 474 g/mol. The van der Waals surface area contributed by atoms with Gasteiger partial charge in [0, 0.05) is 43.7 Å². The van der Waals surface area contributed by atoms with Crippen LogP contribution < -0.4 is 9.80 Å². The molecular formula is C30H37N7O. The second kappa shape index (κ2) is 10.0. The molecule has 0 saturated carbocycles. The smallest absolute Gasteiger partial charge is 0.227 e. The maximum Gasteiger partial charge on any atom is 0.227 e. The third-order valence-corrected chi connectivity index (χ3v) is 8.33. The van der Waals surface area contributed by atoms with Crippen LogP contribution >= 0.6 is 0 Å². The van der Waals surface area contributed by atoms with Crippen molar-refractivity contribution in [2.24, 2.45) is 0 Å². The molecule has 6 rings (SSSR count). The van der Waals surface area contributed by atoms with Crippen LogP contribution in [0.2, 0.25) is 0 Å². The molecule has 4 aromatic rings. The molecule has 0 N–H and O–H groups in total. The molecule has 0 radical (unpaired) electrons. The number of hydrogen-bond donors (Lipinski definition) is 0. The minimum Gasteiger partial charge on any atom is -0.361 e. The van der Waals surface area contributed by atoms with Crippen LogP contribution in [0.4, 0.5) is 11.8 Å². The van der Waals surface area contributed by atoms with Gasteiger partial charge in [0.25, 0.3) is 0 Å². The first-order valence-electron chi connectivity index (χ1n) is 13.6. The molecule has 198 valence electrons. The predicted molar refractivity (Wildman–Crippen MR) is 153 cm³/mol. The Balaban J connectivity index is 1.40. The molecule has 38 heavy (non-hydrogen) atoms. The van der Waals surface area contributed by atoms with Gasteiger partial charge in [-0.2, -0.15) is 4.98 Å². The van der Waals surface area contributed by atoms with Gasteiger partial charge >= 0.3 is 0 Å². The lowest BCUT2D eigenvalue weighted by Crippen LogP contribution is -2.53. The fourth-order valence-corrected chi connectivity index (χ4v) is 5.80. The van der Waals surface area contributed by atoms with Crippen LogP contribution in [-0.4, -0.2) is 77.9 Å². The lowest BCUT2D eigenvalue weighted by Gasteiger charge is -2.43. The van der Waals surface area contributed by atoms with E-state index in [1.807, 2.05) is 13.8 Å². The van der Waals surface area contributed by atoms with E-state index in [1.54, 1.807) is 0 Å². The normalized spacial score (nSPS) is 19.3. The highest BCUT2D eigenvalue weighted by Crippen LogP contribution is 2.41. The quantitative estimate of drug-likeness (QED) is 0.363. The SMILES string of the molecule is Cc1noc(C)c1-c1ccc2nc(N3CCN(C(C)N(C)C)CC3)nc(N3CCC3c3ccccc3)c2c1. The summed E-state index contributed by atoms with van der Waals surface area (Å²) in [6, 6.07) is 17.6. The van der Waals surface area contributed by atoms with Gasteiger partial charge < -0.3 is 14.3 Å². The van der Waals surface area contributed by atoms with E-state index in [1.165, 1.54) is 5.56 Å². The molecule has 0 bridgehead atoms. The molecule has 2 fully saturated rings. The van der Waals surface area contributed by atoms with Crippen molar-refractivity contribution in [2.75, 3.05) is 56.6 Å². The summed E-state index contributed by atoms with van der Waals surface area (Å²) in [5, 5.41) is 5.26. The number of rotatable bonds is 6. The Kier molecular flexibility index (Phi) is 6.53. The largest absolute Gasteiger partial charge is 0.361 e. The summed E-state index contributed by atoms with van der Waals surface area (Å²) < 4.78 is 5.48. The predicted octanol–water partition coefficient (Wildman–Crippen LogP) is 4.88. The average molecular weight is 512 g/mol. The molecule has 2 aromatic carbocycles.